The number of hydrogen-bond acceptors (Lipinski definition) is 4. The second kappa shape index (κ2) is 4.55. The predicted octanol–water partition coefficient (Wildman–Crippen LogP) is 1.19. The number of amides is 4. The van der Waals surface area contributed by atoms with E-state index < -0.39 is 22.9 Å². The third-order valence-electron chi connectivity index (χ3n) is 4.88. The first kappa shape index (κ1) is 13.5. The van der Waals surface area contributed by atoms with Gasteiger partial charge in [-0.25, -0.2) is 4.79 Å². The van der Waals surface area contributed by atoms with Gasteiger partial charge in [0.2, 0.25) is 11.8 Å². The Morgan fingerprint density at radius 3 is 2.40 bits per heavy atom. The van der Waals surface area contributed by atoms with Gasteiger partial charge in [0.15, 0.2) is 0 Å². The molecular formula is C14H20N2O4. The predicted molar refractivity (Wildman–Crippen MR) is 69.7 cm³/mol. The van der Waals surface area contributed by atoms with E-state index in [4.69, 9.17) is 4.74 Å². The Balaban J connectivity index is 1.95. The Morgan fingerprint density at radius 2 is 1.80 bits per heavy atom. The summed E-state index contributed by atoms with van der Waals surface area (Å²) in [4.78, 5) is 38.5. The molecule has 20 heavy (non-hydrogen) atoms. The van der Waals surface area contributed by atoms with Crippen LogP contribution in [0, 0.1) is 5.41 Å². The van der Waals surface area contributed by atoms with Crippen LogP contribution in [-0.2, 0) is 14.3 Å². The number of ether oxygens (including phenoxy) is 1. The molecule has 1 N–H and O–H groups in total. The maximum atomic E-state index is 12.9. The van der Waals surface area contributed by atoms with Gasteiger partial charge in [0.05, 0.1) is 12.1 Å². The number of urea groups is 1. The normalized spacial score (nSPS) is 33.6. The molecule has 2 saturated heterocycles. The van der Waals surface area contributed by atoms with Crippen LogP contribution in [0.2, 0.25) is 0 Å². The molecule has 4 amide bonds. The molecule has 110 valence electrons. The van der Waals surface area contributed by atoms with Crippen LogP contribution in [0.5, 0.6) is 0 Å². The highest BCUT2D eigenvalue weighted by Crippen LogP contribution is 2.44. The van der Waals surface area contributed by atoms with Crippen molar-refractivity contribution in [3.63, 3.8) is 0 Å². The summed E-state index contributed by atoms with van der Waals surface area (Å²) in [5.74, 6) is -0.738. The summed E-state index contributed by atoms with van der Waals surface area (Å²) in [7, 11) is 0. The van der Waals surface area contributed by atoms with Gasteiger partial charge in [-0.15, -0.1) is 0 Å². The maximum Gasteiger partial charge on any atom is 0.331 e. The summed E-state index contributed by atoms with van der Waals surface area (Å²) < 4.78 is 5.45. The molecule has 0 aromatic carbocycles. The lowest BCUT2D eigenvalue weighted by molar-refractivity contribution is -0.158. The van der Waals surface area contributed by atoms with Gasteiger partial charge in [0.1, 0.15) is 5.41 Å². The molecule has 0 aromatic rings. The number of carbonyl (C=O) groups is 3. The van der Waals surface area contributed by atoms with Gasteiger partial charge in [-0.3, -0.25) is 19.8 Å². The molecule has 0 bridgehead atoms. The molecule has 1 unspecified atom stereocenters. The lowest BCUT2D eigenvalue weighted by Gasteiger charge is -2.47. The van der Waals surface area contributed by atoms with Crippen LogP contribution in [0.25, 0.3) is 0 Å². The van der Waals surface area contributed by atoms with Crippen molar-refractivity contribution < 1.29 is 19.1 Å². The van der Waals surface area contributed by atoms with Gasteiger partial charge >= 0.3 is 6.03 Å². The molecular weight excluding hydrogens is 260 g/mol. The van der Waals surface area contributed by atoms with E-state index in [0.29, 0.717) is 26.1 Å². The largest absolute Gasteiger partial charge is 0.379 e. The fourth-order valence-electron chi connectivity index (χ4n) is 3.68. The van der Waals surface area contributed by atoms with E-state index in [1.807, 2.05) is 6.92 Å². The van der Waals surface area contributed by atoms with Crippen LogP contribution in [0.3, 0.4) is 0 Å². The van der Waals surface area contributed by atoms with E-state index in [9.17, 15) is 14.4 Å². The second-order valence-electron chi connectivity index (χ2n) is 6.34. The third-order valence-corrected chi connectivity index (χ3v) is 4.88. The number of nitrogens with zero attached hydrogens (tertiary/aromatic N) is 1. The van der Waals surface area contributed by atoms with E-state index in [1.165, 1.54) is 4.90 Å². The highest BCUT2D eigenvalue weighted by atomic mass is 16.5. The van der Waals surface area contributed by atoms with Crippen LogP contribution >= 0.6 is 0 Å². The lowest BCUT2D eigenvalue weighted by atomic mass is 9.79. The summed E-state index contributed by atoms with van der Waals surface area (Å²) in [5.41, 5.74) is -1.66. The van der Waals surface area contributed by atoms with Gasteiger partial charge in [-0.1, -0.05) is 12.8 Å². The van der Waals surface area contributed by atoms with Gasteiger partial charge in [-0.2, -0.15) is 0 Å². The number of rotatable bonds is 1. The fraction of sp³-hybridized carbons (Fsp3) is 0.786. The minimum Gasteiger partial charge on any atom is -0.379 e. The monoisotopic (exact) mass is 280 g/mol. The van der Waals surface area contributed by atoms with Crippen LogP contribution in [0.15, 0.2) is 0 Å². The summed E-state index contributed by atoms with van der Waals surface area (Å²) in [6, 6.07) is -0.592. The number of imide groups is 2. The van der Waals surface area contributed by atoms with E-state index in [0.717, 1.165) is 25.7 Å². The summed E-state index contributed by atoms with van der Waals surface area (Å²) in [6.07, 6.45) is 4.32. The quantitative estimate of drug-likeness (QED) is 0.732. The topological polar surface area (TPSA) is 75.7 Å². The summed E-state index contributed by atoms with van der Waals surface area (Å²) in [5, 5.41) is 2.39. The number of barbiturate groups is 1. The molecule has 2 heterocycles. The highest BCUT2D eigenvalue weighted by Gasteiger charge is 2.58. The molecule has 1 saturated carbocycles. The maximum absolute atomic E-state index is 12.9. The SMILES string of the molecule is CC1(N2C(=O)NC(=O)C3(CCCC3)C2=O)CCCOC1. The number of carbonyl (C=O) groups excluding carboxylic acids is 3. The Bertz CT molecular complexity index is 462. The van der Waals surface area contributed by atoms with Gasteiger partial charge in [0, 0.05) is 6.61 Å². The van der Waals surface area contributed by atoms with E-state index >= 15 is 0 Å². The number of nitrogens with one attached hydrogen (secondary N) is 1. The van der Waals surface area contributed by atoms with Crippen molar-refractivity contribution >= 4 is 17.8 Å². The first-order valence-corrected chi connectivity index (χ1v) is 7.27. The van der Waals surface area contributed by atoms with Crippen LogP contribution in [0.1, 0.15) is 45.4 Å². The van der Waals surface area contributed by atoms with Crippen molar-refractivity contribution in [1.82, 2.24) is 10.2 Å². The van der Waals surface area contributed by atoms with Crippen molar-refractivity contribution in [3.05, 3.63) is 0 Å². The zero-order chi connectivity index (χ0) is 14.4. The average molecular weight is 280 g/mol. The van der Waals surface area contributed by atoms with Crippen molar-refractivity contribution in [2.45, 2.75) is 51.0 Å². The van der Waals surface area contributed by atoms with E-state index in [1.54, 1.807) is 0 Å². The highest BCUT2D eigenvalue weighted by molar-refractivity contribution is 6.19. The molecule has 2 aliphatic heterocycles. The Morgan fingerprint density at radius 1 is 1.10 bits per heavy atom. The lowest BCUT2D eigenvalue weighted by Crippen LogP contribution is -2.70. The van der Waals surface area contributed by atoms with Crippen molar-refractivity contribution in [2.75, 3.05) is 13.2 Å². The van der Waals surface area contributed by atoms with Crippen LogP contribution in [0.4, 0.5) is 4.79 Å². The molecule has 1 spiro atoms. The van der Waals surface area contributed by atoms with Crippen molar-refractivity contribution in [2.24, 2.45) is 5.41 Å². The molecule has 1 atom stereocenters. The summed E-state index contributed by atoms with van der Waals surface area (Å²) >= 11 is 0. The summed E-state index contributed by atoms with van der Waals surface area (Å²) in [6.45, 7) is 2.86. The Kier molecular flexibility index (Phi) is 3.08. The molecule has 3 rings (SSSR count). The third kappa shape index (κ3) is 1.78. The number of hydrogen-bond donors (Lipinski definition) is 1. The molecule has 3 fully saturated rings. The van der Waals surface area contributed by atoms with Gasteiger partial charge in [0.25, 0.3) is 0 Å². The molecule has 1 aliphatic carbocycles. The Labute approximate surface area is 117 Å². The van der Waals surface area contributed by atoms with E-state index in [-0.39, 0.29) is 5.91 Å². The van der Waals surface area contributed by atoms with E-state index in [2.05, 4.69) is 5.32 Å². The van der Waals surface area contributed by atoms with Crippen molar-refractivity contribution in [3.8, 4) is 0 Å². The Hall–Kier alpha value is -1.43. The van der Waals surface area contributed by atoms with Crippen LogP contribution < -0.4 is 5.32 Å². The van der Waals surface area contributed by atoms with Crippen molar-refractivity contribution in [1.29, 1.82) is 0 Å². The first-order valence-electron chi connectivity index (χ1n) is 7.27. The van der Waals surface area contributed by atoms with Gasteiger partial charge < -0.3 is 4.74 Å². The van der Waals surface area contributed by atoms with Crippen LogP contribution in [-0.4, -0.2) is 41.5 Å². The molecule has 0 aromatic heterocycles. The van der Waals surface area contributed by atoms with Gasteiger partial charge in [-0.05, 0) is 32.6 Å². The zero-order valence-corrected chi connectivity index (χ0v) is 11.7. The molecule has 3 aliphatic rings. The minimum absolute atomic E-state index is 0.322. The molecule has 6 nitrogen and oxygen atoms in total. The standard InChI is InChI=1S/C14H20N2O4/c1-13(5-4-8-20-9-13)16-11(18)14(6-2-3-7-14)10(17)15-12(16)19/h2-9H2,1H3,(H,15,17,19). The molecule has 0 radical (unpaired) electrons. The first-order chi connectivity index (χ1) is 9.50. The minimum atomic E-state index is -1.02. The zero-order valence-electron chi connectivity index (χ0n) is 11.7. The molecule has 6 heteroatoms. The average Bonchev–Trinajstić information content (AvgIpc) is 2.88. The second-order valence-corrected chi connectivity index (χ2v) is 6.34. The smallest absolute Gasteiger partial charge is 0.331 e. The fourth-order valence-corrected chi connectivity index (χ4v) is 3.68.